The largest absolute Gasteiger partial charge is 0.451 e. The predicted octanol–water partition coefficient (Wildman–Crippen LogP) is 3.39. The molecule has 1 heterocycles. The lowest BCUT2D eigenvalue weighted by Gasteiger charge is -2.14. The van der Waals surface area contributed by atoms with Gasteiger partial charge in [-0.05, 0) is 45.4 Å². The zero-order valence-electron chi connectivity index (χ0n) is 11.7. The van der Waals surface area contributed by atoms with E-state index in [1.165, 1.54) is 0 Å². The van der Waals surface area contributed by atoms with Crippen LogP contribution >= 0.6 is 15.9 Å². The molecule has 4 nitrogen and oxygen atoms in total. The second-order valence-corrected chi connectivity index (χ2v) is 6.07. The zero-order valence-corrected chi connectivity index (χ0v) is 13.3. The normalized spacial score (nSPS) is 14.2. The van der Waals surface area contributed by atoms with E-state index in [2.05, 4.69) is 21.2 Å². The molecule has 108 valence electrons. The van der Waals surface area contributed by atoms with Gasteiger partial charge < -0.3 is 14.8 Å². The highest BCUT2D eigenvalue weighted by Crippen LogP contribution is 2.28. The van der Waals surface area contributed by atoms with Crippen molar-refractivity contribution >= 4 is 32.8 Å². The van der Waals surface area contributed by atoms with Crippen LogP contribution in [0.15, 0.2) is 27.1 Å². The fraction of sp³-hybridized carbons (Fsp3) is 0.400. The third-order valence-corrected chi connectivity index (χ3v) is 3.67. The van der Waals surface area contributed by atoms with Crippen LogP contribution in [0.4, 0.5) is 0 Å². The molecule has 0 saturated heterocycles. The van der Waals surface area contributed by atoms with Crippen LogP contribution in [0.1, 0.15) is 36.4 Å². The summed E-state index contributed by atoms with van der Waals surface area (Å²) in [5.41, 5.74) is 1.52. The van der Waals surface area contributed by atoms with E-state index in [1.54, 1.807) is 6.92 Å². The summed E-state index contributed by atoms with van der Waals surface area (Å²) < 4.78 is 6.57. The molecule has 2 N–H and O–H groups in total. The standard InChI is InChI=1S/C15H18BrNO3/c1-8(6-9(2)18)17-15(19)14-10(3)12-7-11(16)4-5-13(12)20-14/h4-5,7-9,18H,6H2,1-3H3,(H,17,19). The van der Waals surface area contributed by atoms with Gasteiger partial charge in [0.25, 0.3) is 5.91 Å². The second kappa shape index (κ2) is 5.97. The Kier molecular flexibility index (Phi) is 4.50. The molecular formula is C15H18BrNO3. The number of halogens is 1. The molecule has 1 amide bonds. The van der Waals surface area contributed by atoms with Gasteiger partial charge in [0.15, 0.2) is 5.76 Å². The molecule has 20 heavy (non-hydrogen) atoms. The first-order chi connectivity index (χ1) is 9.38. The minimum atomic E-state index is -0.446. The maximum absolute atomic E-state index is 12.2. The summed E-state index contributed by atoms with van der Waals surface area (Å²) in [7, 11) is 0. The average Bonchev–Trinajstić information content (AvgIpc) is 2.65. The van der Waals surface area contributed by atoms with E-state index >= 15 is 0 Å². The molecule has 2 unspecified atom stereocenters. The van der Waals surface area contributed by atoms with Crippen LogP contribution in [0, 0.1) is 6.92 Å². The van der Waals surface area contributed by atoms with Crippen molar-refractivity contribution in [3.63, 3.8) is 0 Å². The van der Waals surface area contributed by atoms with Gasteiger partial charge >= 0.3 is 0 Å². The van der Waals surface area contributed by atoms with Gasteiger partial charge in [0.2, 0.25) is 0 Å². The lowest BCUT2D eigenvalue weighted by molar-refractivity contribution is 0.0896. The number of hydrogen-bond acceptors (Lipinski definition) is 3. The molecule has 0 spiro atoms. The molecule has 1 aromatic carbocycles. The van der Waals surface area contributed by atoms with Crippen molar-refractivity contribution in [1.82, 2.24) is 5.32 Å². The lowest BCUT2D eigenvalue weighted by Crippen LogP contribution is -2.34. The summed E-state index contributed by atoms with van der Waals surface area (Å²) in [6.07, 6.45) is 0.0642. The highest BCUT2D eigenvalue weighted by atomic mass is 79.9. The van der Waals surface area contributed by atoms with Gasteiger partial charge in [0, 0.05) is 21.5 Å². The molecule has 0 aliphatic rings. The number of nitrogens with one attached hydrogen (secondary N) is 1. The molecule has 2 atom stereocenters. The Bertz CT molecular complexity index is 633. The van der Waals surface area contributed by atoms with Gasteiger partial charge in [0.1, 0.15) is 5.58 Å². The Morgan fingerprint density at radius 2 is 2.15 bits per heavy atom. The van der Waals surface area contributed by atoms with Gasteiger partial charge in [-0.2, -0.15) is 0 Å². The number of amides is 1. The lowest BCUT2D eigenvalue weighted by atomic mass is 10.1. The van der Waals surface area contributed by atoms with Crippen LogP contribution < -0.4 is 5.32 Å². The Morgan fingerprint density at radius 3 is 2.80 bits per heavy atom. The molecule has 0 aliphatic heterocycles. The number of aliphatic hydroxyl groups is 1. The van der Waals surface area contributed by atoms with E-state index in [-0.39, 0.29) is 11.9 Å². The minimum Gasteiger partial charge on any atom is -0.451 e. The number of hydrogen-bond donors (Lipinski definition) is 2. The van der Waals surface area contributed by atoms with Crippen LogP contribution in [-0.4, -0.2) is 23.2 Å². The molecule has 0 saturated carbocycles. The Hall–Kier alpha value is -1.33. The SMILES string of the molecule is Cc1c(C(=O)NC(C)CC(C)O)oc2ccc(Br)cc12. The van der Waals surface area contributed by atoms with Crippen LogP contribution in [0.3, 0.4) is 0 Å². The first kappa shape index (κ1) is 15.1. The maximum atomic E-state index is 12.2. The fourth-order valence-corrected chi connectivity index (χ4v) is 2.63. The number of carbonyl (C=O) groups is 1. The third-order valence-electron chi connectivity index (χ3n) is 3.18. The van der Waals surface area contributed by atoms with E-state index in [0.29, 0.717) is 17.8 Å². The van der Waals surface area contributed by atoms with Crippen molar-refractivity contribution < 1.29 is 14.3 Å². The predicted molar refractivity (Wildman–Crippen MR) is 81.9 cm³/mol. The van der Waals surface area contributed by atoms with Crippen molar-refractivity contribution in [1.29, 1.82) is 0 Å². The van der Waals surface area contributed by atoms with E-state index in [1.807, 2.05) is 32.0 Å². The molecule has 0 bridgehead atoms. The fourth-order valence-electron chi connectivity index (χ4n) is 2.27. The molecule has 2 rings (SSSR count). The molecule has 0 aliphatic carbocycles. The molecule has 0 radical (unpaired) electrons. The number of furan rings is 1. The number of fused-ring (bicyclic) bond motifs is 1. The summed E-state index contributed by atoms with van der Waals surface area (Å²) in [5, 5.41) is 13.1. The van der Waals surface area contributed by atoms with E-state index < -0.39 is 6.10 Å². The first-order valence-corrected chi connectivity index (χ1v) is 7.35. The smallest absolute Gasteiger partial charge is 0.287 e. The first-order valence-electron chi connectivity index (χ1n) is 6.56. The van der Waals surface area contributed by atoms with E-state index in [0.717, 1.165) is 15.4 Å². The quantitative estimate of drug-likeness (QED) is 0.897. The highest BCUT2D eigenvalue weighted by Gasteiger charge is 2.19. The van der Waals surface area contributed by atoms with E-state index in [9.17, 15) is 9.90 Å². The Morgan fingerprint density at radius 1 is 1.45 bits per heavy atom. The summed E-state index contributed by atoms with van der Waals surface area (Å²) in [6, 6.07) is 5.54. The minimum absolute atomic E-state index is 0.109. The van der Waals surface area contributed by atoms with Crippen molar-refractivity contribution in [2.24, 2.45) is 0 Å². The van der Waals surface area contributed by atoms with Gasteiger partial charge in [-0.1, -0.05) is 15.9 Å². The Labute approximate surface area is 126 Å². The zero-order chi connectivity index (χ0) is 14.9. The van der Waals surface area contributed by atoms with Gasteiger partial charge in [-0.15, -0.1) is 0 Å². The summed E-state index contributed by atoms with van der Waals surface area (Å²) in [6.45, 7) is 5.43. The van der Waals surface area contributed by atoms with Crippen LogP contribution in [0.5, 0.6) is 0 Å². The summed E-state index contributed by atoms with van der Waals surface area (Å²) >= 11 is 3.41. The van der Waals surface area contributed by atoms with Crippen LogP contribution in [0.2, 0.25) is 0 Å². The Balaban J connectivity index is 2.24. The average molecular weight is 340 g/mol. The number of rotatable bonds is 4. The monoisotopic (exact) mass is 339 g/mol. The molecular weight excluding hydrogens is 322 g/mol. The van der Waals surface area contributed by atoms with Crippen molar-refractivity contribution in [3.8, 4) is 0 Å². The summed E-state index contributed by atoms with van der Waals surface area (Å²) in [5.74, 6) is 0.0820. The topological polar surface area (TPSA) is 62.5 Å². The van der Waals surface area contributed by atoms with Crippen LogP contribution in [-0.2, 0) is 0 Å². The summed E-state index contributed by atoms with van der Waals surface area (Å²) in [4.78, 5) is 12.2. The number of aliphatic hydroxyl groups excluding tert-OH is 1. The van der Waals surface area contributed by atoms with Crippen molar-refractivity contribution in [3.05, 3.63) is 34.0 Å². The van der Waals surface area contributed by atoms with Crippen molar-refractivity contribution in [2.45, 2.75) is 39.3 Å². The number of carbonyl (C=O) groups excluding carboxylic acids is 1. The third kappa shape index (κ3) is 3.22. The van der Waals surface area contributed by atoms with Gasteiger partial charge in [0.05, 0.1) is 6.10 Å². The maximum Gasteiger partial charge on any atom is 0.287 e. The molecule has 0 fully saturated rings. The molecule has 2 aromatic rings. The number of benzene rings is 1. The van der Waals surface area contributed by atoms with E-state index in [4.69, 9.17) is 4.42 Å². The molecule has 1 aromatic heterocycles. The van der Waals surface area contributed by atoms with Gasteiger partial charge in [-0.3, -0.25) is 4.79 Å². The van der Waals surface area contributed by atoms with Gasteiger partial charge in [-0.25, -0.2) is 0 Å². The number of aryl methyl sites for hydroxylation is 1. The highest BCUT2D eigenvalue weighted by molar-refractivity contribution is 9.10. The van der Waals surface area contributed by atoms with Crippen LogP contribution in [0.25, 0.3) is 11.0 Å². The second-order valence-electron chi connectivity index (χ2n) is 5.16. The molecule has 5 heteroatoms. The van der Waals surface area contributed by atoms with Crippen molar-refractivity contribution in [2.75, 3.05) is 0 Å².